The second-order valence-electron chi connectivity index (χ2n) is 6.17. The summed E-state index contributed by atoms with van der Waals surface area (Å²) in [5.74, 6) is -0.157. The van der Waals surface area contributed by atoms with Gasteiger partial charge in [-0.1, -0.05) is 6.92 Å². The summed E-state index contributed by atoms with van der Waals surface area (Å²) in [5.41, 5.74) is 0. The van der Waals surface area contributed by atoms with Crippen LogP contribution in [0.1, 0.15) is 20.3 Å². The fraction of sp³-hybridized carbons (Fsp3) is 0.250. The Bertz CT molecular complexity index is 830. The molecule has 3 aromatic rings. The summed E-state index contributed by atoms with van der Waals surface area (Å²) in [6.07, 6.45) is 13.7. The molecule has 13 heteroatoms. The zero-order valence-electron chi connectivity index (χ0n) is 18.0. The van der Waals surface area contributed by atoms with Crippen molar-refractivity contribution in [3.05, 3.63) is 87.6 Å². The van der Waals surface area contributed by atoms with E-state index in [4.69, 9.17) is 14.0 Å². The summed E-state index contributed by atoms with van der Waals surface area (Å²) in [6.45, 7) is 12.6. The number of Topliss-reactive ketones (excluding diaryl/α,β-unsaturated/α-hetero) is 1. The van der Waals surface area contributed by atoms with Crippen molar-refractivity contribution in [3.8, 4) is 0 Å². The molecule has 4 rings (SSSR count). The van der Waals surface area contributed by atoms with Crippen LogP contribution in [-0.2, 0) is 39.9 Å². The molecule has 33 heavy (non-hydrogen) atoms. The Labute approximate surface area is 207 Å². The van der Waals surface area contributed by atoms with E-state index in [9.17, 15) is 9.90 Å². The zero-order valence-corrected chi connectivity index (χ0v) is 20.0. The van der Waals surface area contributed by atoms with E-state index in [2.05, 4.69) is 28.6 Å². The van der Waals surface area contributed by atoms with Crippen molar-refractivity contribution in [3.63, 3.8) is 0 Å². The average Bonchev–Trinajstić information content (AvgIpc) is 3.63. The van der Waals surface area contributed by atoms with Crippen molar-refractivity contribution in [1.29, 1.82) is 0 Å². The zero-order chi connectivity index (χ0) is 23.9. The Balaban J connectivity index is 0.000000542. The molecule has 170 valence electrons. The second-order valence-corrected chi connectivity index (χ2v) is 6.17. The van der Waals surface area contributed by atoms with Gasteiger partial charge in [-0.2, -0.15) is 0 Å². The molecule has 0 aliphatic carbocycles. The van der Waals surface area contributed by atoms with Crippen LogP contribution in [0.3, 0.4) is 0 Å². The summed E-state index contributed by atoms with van der Waals surface area (Å²) < 4.78 is 25.6. The molecule has 0 spiro atoms. The quantitative estimate of drug-likeness (QED) is 0.293. The number of ketones is 1. The first kappa shape index (κ1) is 30.5. The smallest absolute Gasteiger partial charge is 0.425 e. The van der Waals surface area contributed by atoms with Crippen LogP contribution in [0.5, 0.6) is 0 Å². The Kier molecular flexibility index (Phi) is 15.7. The average molecular weight is 533 g/mol. The van der Waals surface area contributed by atoms with Crippen LogP contribution in [0.4, 0.5) is 0 Å². The van der Waals surface area contributed by atoms with Crippen molar-refractivity contribution in [2.75, 3.05) is 0 Å². The largest absolute Gasteiger partial charge is 2.00 e. The molecule has 3 aromatic heterocycles. The van der Waals surface area contributed by atoms with Gasteiger partial charge >= 0.3 is 43.7 Å². The predicted octanol–water partition coefficient (Wildman–Crippen LogP) is 0.814. The molecule has 0 amide bonds. The van der Waals surface area contributed by atoms with Crippen LogP contribution in [0.15, 0.2) is 55.4 Å². The maximum Gasteiger partial charge on any atom is 2.00 e. The van der Waals surface area contributed by atoms with Gasteiger partial charge in [-0.25, -0.2) is 15.3 Å². The van der Waals surface area contributed by atoms with Gasteiger partial charge in [-0.05, 0) is 50.1 Å². The van der Waals surface area contributed by atoms with E-state index < -0.39 is 12.2 Å². The summed E-state index contributed by atoms with van der Waals surface area (Å²) >= 11 is 0. The number of carbonyl (C=O) groups excluding carboxylic acids is 1. The molecule has 0 saturated carbocycles. The fourth-order valence-electron chi connectivity index (χ4n) is 2.69. The van der Waals surface area contributed by atoms with Gasteiger partial charge in [0.05, 0.1) is 12.2 Å². The van der Waals surface area contributed by atoms with E-state index >= 15 is 0 Å². The molecule has 1 aliphatic heterocycles. The number of hydrogen-bond acceptors (Lipinski definition) is 6. The Morgan fingerprint density at radius 1 is 1.00 bits per heavy atom. The van der Waals surface area contributed by atoms with Crippen LogP contribution < -0.4 is 0 Å². The van der Waals surface area contributed by atoms with Crippen LogP contribution in [0.25, 0.3) is 0 Å². The van der Waals surface area contributed by atoms with Crippen LogP contribution in [0.2, 0.25) is 0 Å². The minimum atomic E-state index is -0.697. The molecule has 2 atom stereocenters. The molecule has 11 nitrogen and oxygen atoms in total. The van der Waals surface area contributed by atoms with Gasteiger partial charge in [0.25, 0.3) is 7.12 Å². The van der Waals surface area contributed by atoms with Gasteiger partial charge < -0.3 is 23.6 Å². The summed E-state index contributed by atoms with van der Waals surface area (Å²) in [5, 5.41) is 22.0. The normalized spacial score (nSPS) is 16.0. The van der Waals surface area contributed by atoms with Gasteiger partial charge in [-0.3, -0.25) is 4.79 Å². The fourth-order valence-corrected chi connectivity index (χ4v) is 2.69. The maximum atomic E-state index is 11.2. The summed E-state index contributed by atoms with van der Waals surface area (Å²) in [6, 6.07) is 5.62. The van der Waals surface area contributed by atoms with Gasteiger partial charge in [-0.15, -0.1) is 0 Å². The SMILES string of the molecule is CC[C@@H](O)[C@@H]1O[C](C)[CH][CH]C1=O.[C-]#[O+].[C-]#[O+].[Mo+2].c1cnn([B-](n2cccn2)n2cccn2)c1. The number of aliphatic hydroxyl groups is 1. The first-order valence-corrected chi connectivity index (χ1v) is 9.38. The van der Waals surface area contributed by atoms with Crippen LogP contribution >= 0.6 is 0 Å². The third kappa shape index (κ3) is 9.08. The molecule has 0 aromatic carbocycles. The van der Waals surface area contributed by atoms with Gasteiger partial charge in [0.15, 0.2) is 5.78 Å². The van der Waals surface area contributed by atoms with E-state index in [0.29, 0.717) is 12.5 Å². The molecule has 0 bridgehead atoms. The van der Waals surface area contributed by atoms with Crippen molar-refractivity contribution in [1.82, 2.24) is 29.1 Å². The number of aliphatic hydroxyl groups excluding tert-OH is 1. The Morgan fingerprint density at radius 2 is 1.42 bits per heavy atom. The monoisotopic (exact) mass is 535 g/mol. The van der Waals surface area contributed by atoms with Crippen molar-refractivity contribution < 1.29 is 45.0 Å². The Hall–Kier alpha value is -2.55. The number of nitrogens with zero attached hydrogens (tertiary/aromatic N) is 6. The molecule has 4 heterocycles. The third-order valence-corrected chi connectivity index (χ3v) is 4.13. The number of hydrogen-bond donors (Lipinski definition) is 1. The van der Waals surface area contributed by atoms with E-state index in [1.807, 2.05) is 43.7 Å². The molecule has 1 aliphatic rings. The maximum absolute atomic E-state index is 11.2. The van der Waals surface area contributed by atoms with Gasteiger partial charge in [0.2, 0.25) is 0 Å². The van der Waals surface area contributed by atoms with E-state index in [-0.39, 0.29) is 34.0 Å². The first-order chi connectivity index (χ1) is 15.6. The summed E-state index contributed by atoms with van der Waals surface area (Å²) in [4.78, 5) is 11.2. The van der Waals surface area contributed by atoms with Crippen molar-refractivity contribution >= 4 is 12.9 Å². The number of ether oxygens (including phenoxy) is 1. The Morgan fingerprint density at radius 3 is 1.76 bits per heavy atom. The van der Waals surface area contributed by atoms with Crippen molar-refractivity contribution in [2.45, 2.75) is 32.5 Å². The predicted molar refractivity (Wildman–Crippen MR) is 110 cm³/mol. The van der Waals surface area contributed by atoms with Gasteiger partial charge in [0, 0.05) is 31.4 Å². The molecular weight excluding hydrogens is 511 g/mol. The van der Waals surface area contributed by atoms with E-state index in [1.165, 1.54) is 6.42 Å². The molecule has 0 unspecified atom stereocenters. The van der Waals surface area contributed by atoms with Crippen LogP contribution in [-0.4, -0.2) is 59.3 Å². The number of carbonyl (C=O) groups is 1. The topological polar surface area (TPSA) is 140 Å². The molecule has 1 fully saturated rings. The number of rotatable bonds is 5. The second kappa shape index (κ2) is 17.0. The standard InChI is InChI=1S/C9H9BN6.C9H13O3.2CO.Mo/c1-4-11-14(7-1)10(15-8-2-5-12-15)16-9-3-6-13-16;1-3-7(10)9-8(11)5-4-6(2)12-9;2*1-2;/h1-9H;4-5,7,9-10H,3H2,1-2H3;;;/q-1;;;;+2/t;7-,9+;;;/m.1.../s1. The molecule has 1 saturated heterocycles. The minimum absolute atomic E-state index is 0. The van der Waals surface area contributed by atoms with Gasteiger partial charge in [0.1, 0.15) is 6.10 Å². The van der Waals surface area contributed by atoms with Crippen LogP contribution in [0, 0.1) is 32.2 Å². The van der Waals surface area contributed by atoms with E-state index in [0.717, 1.165) is 0 Å². The molecule has 4 radical (unpaired) electrons. The first-order valence-electron chi connectivity index (χ1n) is 9.38. The molecule has 1 N–H and O–H groups in total. The molecular formula is C20H22BMoN6O5+. The van der Waals surface area contributed by atoms with E-state index in [1.54, 1.807) is 45.7 Å². The third-order valence-electron chi connectivity index (χ3n) is 4.13. The summed E-state index contributed by atoms with van der Waals surface area (Å²) in [7, 11) is -0.194. The van der Waals surface area contributed by atoms with Crippen molar-refractivity contribution in [2.24, 2.45) is 0 Å². The minimum Gasteiger partial charge on any atom is -0.425 e. The number of aromatic nitrogens is 6.